The van der Waals surface area contributed by atoms with Crippen LogP contribution in [0.4, 0.5) is 4.79 Å². The number of hydrogen-bond acceptors (Lipinski definition) is 1. The van der Waals surface area contributed by atoms with Gasteiger partial charge in [-0.05, 0) is 61.3 Å². The number of hydrogen-bond donors (Lipinski definition) is 2. The van der Waals surface area contributed by atoms with Gasteiger partial charge >= 0.3 is 6.03 Å². The van der Waals surface area contributed by atoms with Crippen molar-refractivity contribution in [1.29, 1.82) is 0 Å². The van der Waals surface area contributed by atoms with Gasteiger partial charge in [-0.3, -0.25) is 0 Å². The second-order valence-corrected chi connectivity index (χ2v) is 9.25. The molecule has 2 aliphatic rings. The zero-order valence-corrected chi connectivity index (χ0v) is 17.3. The van der Waals surface area contributed by atoms with Crippen LogP contribution in [-0.2, 0) is 6.42 Å². The molecule has 3 rings (SSSR count). The molecule has 148 valence electrons. The van der Waals surface area contributed by atoms with Crippen molar-refractivity contribution in [3.05, 3.63) is 48.0 Å². The summed E-state index contributed by atoms with van der Waals surface area (Å²) in [7, 11) is 0. The first-order chi connectivity index (χ1) is 12.9. The molecule has 3 heteroatoms. The van der Waals surface area contributed by atoms with Gasteiger partial charge in [0.1, 0.15) is 0 Å². The first-order valence-electron chi connectivity index (χ1n) is 10.7. The number of urea groups is 1. The number of rotatable bonds is 5. The van der Waals surface area contributed by atoms with E-state index < -0.39 is 0 Å². The highest BCUT2D eigenvalue weighted by Gasteiger charge is 2.49. The minimum Gasteiger partial charge on any atom is -0.338 e. The summed E-state index contributed by atoms with van der Waals surface area (Å²) in [4.78, 5) is 12.7. The summed E-state index contributed by atoms with van der Waals surface area (Å²) < 4.78 is 0. The van der Waals surface area contributed by atoms with E-state index in [0.717, 1.165) is 12.8 Å². The monoisotopic (exact) mass is 368 g/mol. The minimum absolute atomic E-state index is 0.0239. The third-order valence-corrected chi connectivity index (χ3v) is 7.00. The van der Waals surface area contributed by atoms with E-state index in [1.54, 1.807) is 0 Å². The van der Waals surface area contributed by atoms with Crippen molar-refractivity contribution in [2.75, 3.05) is 6.54 Å². The Kier molecular flexibility index (Phi) is 6.29. The van der Waals surface area contributed by atoms with E-state index in [1.165, 1.54) is 36.8 Å². The van der Waals surface area contributed by atoms with E-state index in [1.807, 2.05) is 18.2 Å². The summed E-state index contributed by atoms with van der Waals surface area (Å²) in [5.74, 6) is 1.50. The number of benzene rings is 1. The molecule has 1 aromatic rings. The molecule has 3 nitrogen and oxygen atoms in total. The number of fused-ring (bicyclic) bond motifs is 1. The molecule has 0 unspecified atom stereocenters. The fraction of sp³-hybridized carbons (Fsp3) is 0.625. The fourth-order valence-corrected chi connectivity index (χ4v) is 5.52. The van der Waals surface area contributed by atoms with Gasteiger partial charge in [0, 0.05) is 18.5 Å². The topological polar surface area (TPSA) is 41.1 Å². The van der Waals surface area contributed by atoms with Gasteiger partial charge in [-0.15, -0.1) is 0 Å². The first kappa shape index (κ1) is 20.0. The molecule has 0 bridgehead atoms. The van der Waals surface area contributed by atoms with Crippen molar-refractivity contribution in [3.63, 3.8) is 0 Å². The molecule has 2 fully saturated rings. The Morgan fingerprint density at radius 3 is 2.70 bits per heavy atom. The molecule has 0 heterocycles. The van der Waals surface area contributed by atoms with Crippen molar-refractivity contribution < 1.29 is 4.79 Å². The molecule has 2 saturated carbocycles. The Balaban J connectivity index is 1.65. The summed E-state index contributed by atoms with van der Waals surface area (Å²) in [6.45, 7) is 12.1. The van der Waals surface area contributed by atoms with Crippen molar-refractivity contribution >= 4 is 6.03 Å². The highest BCUT2D eigenvalue weighted by Crippen LogP contribution is 2.54. The zero-order chi connectivity index (χ0) is 19.4. The van der Waals surface area contributed by atoms with E-state index >= 15 is 0 Å². The summed E-state index contributed by atoms with van der Waals surface area (Å²) in [6.07, 6.45) is 6.93. The van der Waals surface area contributed by atoms with Gasteiger partial charge in [0.05, 0.1) is 0 Å². The van der Waals surface area contributed by atoms with Crippen LogP contribution < -0.4 is 10.6 Å². The van der Waals surface area contributed by atoms with Crippen LogP contribution in [-0.4, -0.2) is 18.6 Å². The van der Waals surface area contributed by atoms with Gasteiger partial charge in [-0.25, -0.2) is 4.79 Å². The first-order valence-corrected chi connectivity index (χ1v) is 10.7. The quantitative estimate of drug-likeness (QED) is 0.678. The number of nitrogens with one attached hydrogen (secondary N) is 2. The molecule has 2 N–H and O–H groups in total. The molecule has 0 radical (unpaired) electrons. The van der Waals surface area contributed by atoms with Gasteiger partial charge in [-0.1, -0.05) is 63.3 Å². The molecule has 2 amide bonds. The van der Waals surface area contributed by atoms with Crippen molar-refractivity contribution in [2.24, 2.45) is 23.2 Å². The molecular formula is C24H36N2O. The standard InChI is InChI=1S/C24H36N2O/c1-17(2)20-12-15-24(4)14-8-9-18(3)21(24)22(20)26-23(27)25-16-13-19-10-6-5-7-11-19/h5-7,10-11,17,20-22H,3,8-9,12-16H2,1-2,4H3,(H2,25,26,27)/t20-,21+,22-,24+/m0/s1. The molecule has 2 aliphatic carbocycles. The predicted molar refractivity (Wildman–Crippen MR) is 113 cm³/mol. The Morgan fingerprint density at radius 2 is 2.00 bits per heavy atom. The third kappa shape index (κ3) is 4.56. The van der Waals surface area contributed by atoms with Crippen molar-refractivity contribution in [3.8, 4) is 0 Å². The Bertz CT molecular complexity index is 654. The second kappa shape index (κ2) is 8.50. The van der Waals surface area contributed by atoms with Gasteiger partial charge in [0.15, 0.2) is 0 Å². The van der Waals surface area contributed by atoms with Crippen LogP contribution >= 0.6 is 0 Å². The SMILES string of the molecule is C=C1CCC[C@]2(C)CC[C@@H](C(C)C)[C@H](NC(=O)NCCc3ccccc3)[C@@H]12. The van der Waals surface area contributed by atoms with Crippen molar-refractivity contribution in [1.82, 2.24) is 10.6 Å². The molecule has 0 aliphatic heterocycles. The Morgan fingerprint density at radius 1 is 1.26 bits per heavy atom. The van der Waals surface area contributed by atoms with Crippen LogP contribution in [0.15, 0.2) is 42.5 Å². The second-order valence-electron chi connectivity index (χ2n) is 9.25. The molecule has 27 heavy (non-hydrogen) atoms. The molecule has 0 spiro atoms. The average Bonchev–Trinajstić information content (AvgIpc) is 2.62. The largest absolute Gasteiger partial charge is 0.338 e. The van der Waals surface area contributed by atoms with Crippen LogP contribution in [0.2, 0.25) is 0 Å². The van der Waals surface area contributed by atoms with E-state index in [0.29, 0.717) is 29.7 Å². The maximum atomic E-state index is 12.7. The molecule has 4 atom stereocenters. The van der Waals surface area contributed by atoms with Gasteiger partial charge in [0.2, 0.25) is 0 Å². The van der Waals surface area contributed by atoms with E-state index in [4.69, 9.17) is 0 Å². The lowest BCUT2D eigenvalue weighted by Crippen LogP contribution is -2.58. The molecule has 0 saturated heterocycles. The van der Waals surface area contributed by atoms with Gasteiger partial charge in [0.25, 0.3) is 0 Å². The summed E-state index contributed by atoms with van der Waals surface area (Å²) in [6, 6.07) is 10.5. The van der Waals surface area contributed by atoms with Crippen molar-refractivity contribution in [2.45, 2.75) is 65.3 Å². The Labute approximate surface area is 165 Å². The molecule has 1 aromatic carbocycles. The lowest BCUT2D eigenvalue weighted by molar-refractivity contribution is 0.0259. The van der Waals surface area contributed by atoms with Gasteiger partial charge < -0.3 is 10.6 Å². The number of carbonyl (C=O) groups is 1. The lowest BCUT2D eigenvalue weighted by Gasteiger charge is -2.54. The van der Waals surface area contributed by atoms with E-state index in [2.05, 4.69) is 50.1 Å². The Hall–Kier alpha value is -1.77. The van der Waals surface area contributed by atoms with Crippen LogP contribution in [0.25, 0.3) is 0 Å². The van der Waals surface area contributed by atoms with Crippen LogP contribution in [0.1, 0.15) is 58.4 Å². The highest BCUT2D eigenvalue weighted by molar-refractivity contribution is 5.74. The fourth-order valence-electron chi connectivity index (χ4n) is 5.52. The third-order valence-electron chi connectivity index (χ3n) is 7.00. The molecular weight excluding hydrogens is 332 g/mol. The van der Waals surface area contributed by atoms with Gasteiger partial charge in [-0.2, -0.15) is 0 Å². The summed E-state index contributed by atoms with van der Waals surface area (Å²) in [5.41, 5.74) is 2.90. The summed E-state index contributed by atoms with van der Waals surface area (Å²) >= 11 is 0. The van der Waals surface area contributed by atoms with E-state index in [9.17, 15) is 4.79 Å². The normalized spacial score (nSPS) is 30.7. The number of carbonyl (C=O) groups excluding carboxylic acids is 1. The smallest absolute Gasteiger partial charge is 0.315 e. The van der Waals surface area contributed by atoms with Crippen LogP contribution in [0.5, 0.6) is 0 Å². The maximum absolute atomic E-state index is 12.7. The summed E-state index contributed by atoms with van der Waals surface area (Å²) in [5, 5.41) is 6.46. The predicted octanol–water partition coefficient (Wildman–Crippen LogP) is 5.33. The van der Waals surface area contributed by atoms with Crippen LogP contribution in [0.3, 0.4) is 0 Å². The van der Waals surface area contributed by atoms with Crippen LogP contribution in [0, 0.1) is 23.2 Å². The minimum atomic E-state index is -0.0239. The van der Waals surface area contributed by atoms with E-state index in [-0.39, 0.29) is 12.1 Å². The number of amides is 2. The average molecular weight is 369 g/mol. The highest BCUT2D eigenvalue weighted by atomic mass is 16.2. The lowest BCUT2D eigenvalue weighted by atomic mass is 9.53. The molecule has 0 aromatic heterocycles. The zero-order valence-electron chi connectivity index (χ0n) is 17.3. The maximum Gasteiger partial charge on any atom is 0.315 e.